The highest BCUT2D eigenvalue weighted by molar-refractivity contribution is 5.44. The molecule has 2 rings (SSSR count). The first-order valence-corrected chi connectivity index (χ1v) is 7.02. The van der Waals surface area contributed by atoms with Crippen molar-refractivity contribution < 1.29 is 0 Å². The lowest BCUT2D eigenvalue weighted by Crippen LogP contribution is -2.33. The standard InChI is InChI=1S/C15H22N4/c1-12-9-13(11-16)10-15(18-12)17-7-8-19(2)14-5-3-4-6-14/h9-10,14H,3-8H2,1-2H3,(H,17,18). The zero-order valence-corrected chi connectivity index (χ0v) is 11.8. The average molecular weight is 258 g/mol. The highest BCUT2D eigenvalue weighted by atomic mass is 15.1. The lowest BCUT2D eigenvalue weighted by atomic mass is 10.2. The molecule has 19 heavy (non-hydrogen) atoms. The number of nitrogens with zero attached hydrogens (tertiary/aromatic N) is 3. The number of pyridine rings is 1. The molecule has 0 bridgehead atoms. The van der Waals surface area contributed by atoms with Crippen LogP contribution in [0.3, 0.4) is 0 Å². The first-order chi connectivity index (χ1) is 9.19. The summed E-state index contributed by atoms with van der Waals surface area (Å²) in [4.78, 5) is 6.83. The predicted molar refractivity (Wildman–Crippen MR) is 77.1 cm³/mol. The van der Waals surface area contributed by atoms with Gasteiger partial charge in [-0.05, 0) is 38.9 Å². The number of hydrogen-bond acceptors (Lipinski definition) is 4. The fourth-order valence-electron chi connectivity index (χ4n) is 2.71. The summed E-state index contributed by atoms with van der Waals surface area (Å²) in [5.41, 5.74) is 1.55. The molecule has 1 N–H and O–H groups in total. The smallest absolute Gasteiger partial charge is 0.127 e. The highest BCUT2D eigenvalue weighted by Gasteiger charge is 2.18. The van der Waals surface area contributed by atoms with Gasteiger partial charge in [0.05, 0.1) is 11.6 Å². The van der Waals surface area contributed by atoms with Crippen LogP contribution < -0.4 is 5.32 Å². The van der Waals surface area contributed by atoms with Gasteiger partial charge in [-0.25, -0.2) is 4.98 Å². The molecule has 1 heterocycles. The second-order valence-electron chi connectivity index (χ2n) is 5.34. The summed E-state index contributed by atoms with van der Waals surface area (Å²) in [6.07, 6.45) is 5.40. The molecular formula is C15H22N4. The normalized spacial score (nSPS) is 15.7. The van der Waals surface area contributed by atoms with E-state index in [-0.39, 0.29) is 0 Å². The van der Waals surface area contributed by atoms with E-state index >= 15 is 0 Å². The van der Waals surface area contributed by atoms with Gasteiger partial charge in [-0.15, -0.1) is 0 Å². The number of aromatic nitrogens is 1. The van der Waals surface area contributed by atoms with Crippen LogP contribution in [0.2, 0.25) is 0 Å². The molecule has 1 aromatic heterocycles. The van der Waals surface area contributed by atoms with Crippen LogP contribution in [0.5, 0.6) is 0 Å². The Morgan fingerprint density at radius 1 is 1.42 bits per heavy atom. The number of rotatable bonds is 5. The molecule has 1 fully saturated rings. The van der Waals surface area contributed by atoms with Crippen molar-refractivity contribution in [2.45, 2.75) is 38.6 Å². The lowest BCUT2D eigenvalue weighted by Gasteiger charge is -2.24. The van der Waals surface area contributed by atoms with Crippen molar-refractivity contribution in [3.05, 3.63) is 23.4 Å². The van der Waals surface area contributed by atoms with Gasteiger partial charge >= 0.3 is 0 Å². The summed E-state index contributed by atoms with van der Waals surface area (Å²) < 4.78 is 0. The van der Waals surface area contributed by atoms with Crippen molar-refractivity contribution in [3.8, 4) is 6.07 Å². The Bertz CT molecular complexity index is 458. The molecule has 1 aliphatic rings. The first kappa shape index (κ1) is 13.8. The van der Waals surface area contributed by atoms with Crippen molar-refractivity contribution in [2.24, 2.45) is 0 Å². The van der Waals surface area contributed by atoms with E-state index in [0.29, 0.717) is 5.56 Å². The zero-order valence-electron chi connectivity index (χ0n) is 11.8. The number of aryl methyl sites for hydroxylation is 1. The maximum atomic E-state index is 8.93. The van der Waals surface area contributed by atoms with Gasteiger partial charge in [-0.2, -0.15) is 5.26 Å². The monoisotopic (exact) mass is 258 g/mol. The molecule has 4 nitrogen and oxygen atoms in total. The molecule has 0 aliphatic heterocycles. The molecule has 0 atom stereocenters. The molecule has 0 amide bonds. The van der Waals surface area contributed by atoms with E-state index in [1.165, 1.54) is 25.7 Å². The Balaban J connectivity index is 1.82. The summed E-state index contributed by atoms with van der Waals surface area (Å²) in [5, 5.41) is 12.2. The minimum absolute atomic E-state index is 0.666. The second-order valence-corrected chi connectivity index (χ2v) is 5.34. The SMILES string of the molecule is Cc1cc(C#N)cc(NCCN(C)C2CCCC2)n1. The number of anilines is 1. The highest BCUT2D eigenvalue weighted by Crippen LogP contribution is 2.21. The van der Waals surface area contributed by atoms with Crippen LogP contribution >= 0.6 is 0 Å². The summed E-state index contributed by atoms with van der Waals surface area (Å²) in [6, 6.07) is 6.52. The summed E-state index contributed by atoms with van der Waals surface area (Å²) in [5.74, 6) is 0.802. The molecule has 4 heteroatoms. The second kappa shape index (κ2) is 6.53. The van der Waals surface area contributed by atoms with Gasteiger partial charge < -0.3 is 10.2 Å². The van der Waals surface area contributed by atoms with Gasteiger partial charge in [0.2, 0.25) is 0 Å². The maximum absolute atomic E-state index is 8.93. The van der Waals surface area contributed by atoms with E-state index in [0.717, 1.165) is 30.6 Å². The van der Waals surface area contributed by atoms with Crippen LogP contribution in [0.1, 0.15) is 36.9 Å². The average Bonchev–Trinajstić information content (AvgIpc) is 2.92. The summed E-state index contributed by atoms with van der Waals surface area (Å²) in [6.45, 7) is 3.80. The van der Waals surface area contributed by atoms with Gasteiger partial charge in [-0.3, -0.25) is 0 Å². The van der Waals surface area contributed by atoms with Crippen molar-refractivity contribution in [1.82, 2.24) is 9.88 Å². The Hall–Kier alpha value is -1.60. The Morgan fingerprint density at radius 3 is 2.84 bits per heavy atom. The van der Waals surface area contributed by atoms with E-state index in [4.69, 9.17) is 5.26 Å². The number of nitrogens with one attached hydrogen (secondary N) is 1. The predicted octanol–water partition coefficient (Wildman–Crippen LogP) is 2.55. The molecule has 0 saturated heterocycles. The van der Waals surface area contributed by atoms with E-state index in [1.54, 1.807) is 6.07 Å². The van der Waals surface area contributed by atoms with Gasteiger partial charge in [0.1, 0.15) is 5.82 Å². The molecule has 102 valence electrons. The van der Waals surface area contributed by atoms with E-state index < -0.39 is 0 Å². The molecular weight excluding hydrogens is 236 g/mol. The fraction of sp³-hybridized carbons (Fsp3) is 0.600. The Labute approximate surface area is 115 Å². The van der Waals surface area contributed by atoms with Crippen molar-refractivity contribution in [3.63, 3.8) is 0 Å². The molecule has 0 aromatic carbocycles. The quantitative estimate of drug-likeness (QED) is 0.882. The van der Waals surface area contributed by atoms with E-state index in [9.17, 15) is 0 Å². The molecule has 1 aromatic rings. The third kappa shape index (κ3) is 3.93. The summed E-state index contributed by atoms with van der Waals surface area (Å²) in [7, 11) is 2.20. The number of hydrogen-bond donors (Lipinski definition) is 1. The molecule has 1 saturated carbocycles. The van der Waals surface area contributed by atoms with Crippen molar-refractivity contribution in [2.75, 3.05) is 25.5 Å². The first-order valence-electron chi connectivity index (χ1n) is 7.02. The fourth-order valence-corrected chi connectivity index (χ4v) is 2.71. The van der Waals surface area contributed by atoms with Gasteiger partial charge in [0, 0.05) is 24.8 Å². The molecule has 1 aliphatic carbocycles. The van der Waals surface area contributed by atoms with E-state index in [1.807, 2.05) is 13.0 Å². The number of nitriles is 1. The summed E-state index contributed by atoms with van der Waals surface area (Å²) >= 11 is 0. The lowest BCUT2D eigenvalue weighted by molar-refractivity contribution is 0.254. The Morgan fingerprint density at radius 2 is 2.16 bits per heavy atom. The zero-order chi connectivity index (χ0) is 13.7. The van der Waals surface area contributed by atoms with Crippen LogP contribution in [0.15, 0.2) is 12.1 Å². The molecule has 0 radical (unpaired) electrons. The molecule has 0 spiro atoms. The van der Waals surface area contributed by atoms with Crippen molar-refractivity contribution >= 4 is 5.82 Å². The van der Waals surface area contributed by atoms with Crippen LogP contribution in [0.25, 0.3) is 0 Å². The van der Waals surface area contributed by atoms with Crippen LogP contribution in [-0.4, -0.2) is 36.1 Å². The minimum atomic E-state index is 0.666. The largest absolute Gasteiger partial charge is 0.369 e. The third-order valence-electron chi connectivity index (χ3n) is 3.80. The molecule has 0 unspecified atom stereocenters. The third-order valence-corrected chi connectivity index (χ3v) is 3.80. The van der Waals surface area contributed by atoms with Gasteiger partial charge in [0.25, 0.3) is 0 Å². The van der Waals surface area contributed by atoms with Gasteiger partial charge in [-0.1, -0.05) is 12.8 Å². The van der Waals surface area contributed by atoms with Crippen molar-refractivity contribution in [1.29, 1.82) is 5.26 Å². The topological polar surface area (TPSA) is 52.0 Å². The maximum Gasteiger partial charge on any atom is 0.127 e. The van der Waals surface area contributed by atoms with Crippen LogP contribution in [0, 0.1) is 18.3 Å². The number of likely N-dealkylation sites (N-methyl/N-ethyl adjacent to an activating group) is 1. The van der Waals surface area contributed by atoms with Gasteiger partial charge in [0.15, 0.2) is 0 Å². The van der Waals surface area contributed by atoms with Crippen LogP contribution in [-0.2, 0) is 0 Å². The Kier molecular flexibility index (Phi) is 4.75. The van der Waals surface area contributed by atoms with Crippen LogP contribution in [0.4, 0.5) is 5.82 Å². The van der Waals surface area contributed by atoms with E-state index in [2.05, 4.69) is 28.3 Å². The minimum Gasteiger partial charge on any atom is -0.369 e.